The first-order valence-corrected chi connectivity index (χ1v) is 12.2. The minimum atomic E-state index is -0.670. The molecule has 0 aliphatic rings. The van der Waals surface area contributed by atoms with Crippen molar-refractivity contribution in [1.82, 2.24) is 0 Å². The van der Waals surface area contributed by atoms with E-state index < -0.39 is 24.0 Å². The van der Waals surface area contributed by atoms with Gasteiger partial charge in [0.25, 0.3) is 0 Å². The number of rotatable bonds is 11. The van der Waals surface area contributed by atoms with E-state index in [2.05, 4.69) is 9.47 Å². The summed E-state index contributed by atoms with van der Waals surface area (Å²) in [7, 11) is 2.29. The van der Waals surface area contributed by atoms with Gasteiger partial charge >= 0.3 is 0 Å². The molecule has 182 valence electrons. The lowest BCUT2D eigenvalue weighted by Gasteiger charge is -2.25. The average molecular weight is 483 g/mol. The molecule has 3 aromatic carbocycles. The van der Waals surface area contributed by atoms with Crippen molar-refractivity contribution < 1.29 is 24.9 Å². The van der Waals surface area contributed by atoms with Crippen molar-refractivity contribution in [3.8, 4) is 28.0 Å². The number of hydrogen-bond acceptors (Lipinski definition) is 5. The van der Waals surface area contributed by atoms with Crippen molar-refractivity contribution in [3.63, 3.8) is 0 Å². The zero-order valence-electron chi connectivity index (χ0n) is 19.8. The molecular formula is C28H35O5P. The molecule has 0 spiro atoms. The third-order valence-electron chi connectivity index (χ3n) is 6.59. The SMILES string of the molecule is CCC(O)C(CO)c1ccccc1-c1ccc(OP)c(-c2ccccc2C(CO)C(O)CC)c1. The van der Waals surface area contributed by atoms with Crippen molar-refractivity contribution in [1.29, 1.82) is 0 Å². The van der Waals surface area contributed by atoms with Gasteiger partial charge in [0, 0.05) is 17.4 Å². The predicted octanol–water partition coefficient (Wildman–Crippen LogP) is 4.88. The molecule has 34 heavy (non-hydrogen) atoms. The molecular weight excluding hydrogens is 447 g/mol. The van der Waals surface area contributed by atoms with Gasteiger partial charge in [-0.3, -0.25) is 0 Å². The van der Waals surface area contributed by atoms with Gasteiger partial charge in [-0.2, -0.15) is 0 Å². The van der Waals surface area contributed by atoms with Gasteiger partial charge in [-0.1, -0.05) is 68.4 Å². The van der Waals surface area contributed by atoms with Gasteiger partial charge in [0.05, 0.1) is 34.9 Å². The molecule has 0 saturated heterocycles. The minimum Gasteiger partial charge on any atom is -0.480 e. The monoisotopic (exact) mass is 482 g/mol. The molecule has 5 atom stereocenters. The summed E-state index contributed by atoms with van der Waals surface area (Å²) < 4.78 is 5.61. The summed E-state index contributed by atoms with van der Waals surface area (Å²) in [5.74, 6) is -0.172. The molecule has 0 aliphatic heterocycles. The first kappa shape index (κ1) is 26.3. The average Bonchev–Trinajstić information content (AvgIpc) is 2.89. The Morgan fingerprint density at radius 3 is 1.71 bits per heavy atom. The Balaban J connectivity index is 2.19. The highest BCUT2D eigenvalue weighted by atomic mass is 31.0. The van der Waals surface area contributed by atoms with E-state index in [1.54, 1.807) is 0 Å². The molecule has 0 aliphatic carbocycles. The van der Waals surface area contributed by atoms with Crippen molar-refractivity contribution in [2.75, 3.05) is 13.2 Å². The normalized spacial score (nSPS) is 14.9. The van der Waals surface area contributed by atoms with Crippen molar-refractivity contribution in [3.05, 3.63) is 77.9 Å². The molecule has 5 unspecified atom stereocenters. The minimum absolute atomic E-state index is 0.151. The molecule has 0 bridgehead atoms. The fourth-order valence-corrected chi connectivity index (χ4v) is 4.79. The van der Waals surface area contributed by atoms with Crippen LogP contribution in [-0.2, 0) is 0 Å². The smallest absolute Gasteiger partial charge is 0.130 e. The second-order valence-electron chi connectivity index (χ2n) is 8.53. The lowest BCUT2D eigenvalue weighted by molar-refractivity contribution is 0.103. The molecule has 0 amide bonds. The summed E-state index contributed by atoms with van der Waals surface area (Å²) in [6.07, 6.45) is -0.249. The Morgan fingerprint density at radius 1 is 0.706 bits per heavy atom. The summed E-state index contributed by atoms with van der Waals surface area (Å²) in [6.45, 7) is 3.48. The highest BCUT2D eigenvalue weighted by Gasteiger charge is 2.25. The van der Waals surface area contributed by atoms with Crippen LogP contribution in [0.3, 0.4) is 0 Å². The van der Waals surface area contributed by atoms with E-state index in [-0.39, 0.29) is 13.2 Å². The third-order valence-corrected chi connectivity index (χ3v) is 6.84. The standard InChI is InChI=1S/C28H35O5P/c1-3-26(31)24(16-29)20-10-6-5-9-19(20)18-13-14-28(33-34)23(15-18)21-11-7-8-12-22(21)25(17-30)27(32)4-2/h5-15,24-27,29-32H,3-4,16-17,34H2,1-2H3. The fraction of sp³-hybridized carbons (Fsp3) is 0.357. The Bertz CT molecular complexity index is 1070. The van der Waals surface area contributed by atoms with E-state index in [0.717, 1.165) is 33.4 Å². The number of hydrogen-bond donors (Lipinski definition) is 4. The first-order chi connectivity index (χ1) is 16.5. The van der Waals surface area contributed by atoms with Crippen molar-refractivity contribution in [2.24, 2.45) is 0 Å². The molecule has 3 aromatic rings. The maximum absolute atomic E-state index is 10.6. The lowest BCUT2D eigenvalue weighted by atomic mass is 9.84. The Morgan fingerprint density at radius 2 is 1.21 bits per heavy atom. The maximum Gasteiger partial charge on any atom is 0.130 e. The van der Waals surface area contributed by atoms with Crippen LogP contribution in [-0.4, -0.2) is 45.8 Å². The van der Waals surface area contributed by atoms with E-state index in [4.69, 9.17) is 4.52 Å². The molecule has 5 nitrogen and oxygen atoms in total. The molecule has 0 radical (unpaired) electrons. The van der Waals surface area contributed by atoms with E-state index in [9.17, 15) is 20.4 Å². The van der Waals surface area contributed by atoms with E-state index >= 15 is 0 Å². The lowest BCUT2D eigenvalue weighted by Crippen LogP contribution is -2.21. The third kappa shape index (κ3) is 5.51. The molecule has 0 aromatic heterocycles. The summed E-state index contributed by atoms with van der Waals surface area (Å²) in [4.78, 5) is 0. The molecule has 0 fully saturated rings. The van der Waals surface area contributed by atoms with Crippen LogP contribution in [0.15, 0.2) is 66.7 Å². The van der Waals surface area contributed by atoms with Crippen LogP contribution >= 0.6 is 9.47 Å². The number of aliphatic hydroxyl groups excluding tert-OH is 4. The fourth-order valence-electron chi connectivity index (χ4n) is 4.58. The molecule has 0 heterocycles. The predicted molar refractivity (Wildman–Crippen MR) is 140 cm³/mol. The molecule has 3 rings (SSSR count). The van der Waals surface area contributed by atoms with Crippen LogP contribution in [0.25, 0.3) is 22.3 Å². The van der Waals surface area contributed by atoms with Crippen LogP contribution in [0.5, 0.6) is 5.75 Å². The van der Waals surface area contributed by atoms with Gasteiger partial charge in [-0.25, -0.2) is 0 Å². The summed E-state index contributed by atoms with van der Waals surface area (Å²) in [5.41, 5.74) is 5.28. The Kier molecular flexibility index (Phi) is 9.63. The second-order valence-corrected chi connectivity index (χ2v) is 8.77. The zero-order valence-corrected chi connectivity index (χ0v) is 20.9. The van der Waals surface area contributed by atoms with Gasteiger partial charge in [0.15, 0.2) is 0 Å². The van der Waals surface area contributed by atoms with E-state index in [1.165, 1.54) is 0 Å². The summed E-state index contributed by atoms with van der Waals surface area (Å²) in [6, 6.07) is 21.4. The Labute approximate surface area is 204 Å². The van der Waals surface area contributed by atoms with E-state index in [1.807, 2.05) is 80.6 Å². The van der Waals surface area contributed by atoms with Crippen LogP contribution in [0.2, 0.25) is 0 Å². The van der Waals surface area contributed by atoms with Gasteiger partial charge in [-0.05, 0) is 52.8 Å². The van der Waals surface area contributed by atoms with Gasteiger partial charge < -0.3 is 24.9 Å². The molecule has 4 N–H and O–H groups in total. The van der Waals surface area contributed by atoms with Crippen molar-refractivity contribution in [2.45, 2.75) is 50.7 Å². The zero-order chi connectivity index (χ0) is 24.7. The molecule has 6 heteroatoms. The molecule has 0 saturated carbocycles. The highest BCUT2D eigenvalue weighted by Crippen LogP contribution is 2.41. The van der Waals surface area contributed by atoms with Crippen LogP contribution in [0, 0.1) is 0 Å². The topological polar surface area (TPSA) is 90.2 Å². The highest BCUT2D eigenvalue weighted by molar-refractivity contribution is 7.10. The van der Waals surface area contributed by atoms with Crippen LogP contribution < -0.4 is 4.52 Å². The number of aliphatic hydroxyl groups is 4. The van der Waals surface area contributed by atoms with Crippen molar-refractivity contribution >= 4 is 9.47 Å². The quantitative estimate of drug-likeness (QED) is 0.293. The summed E-state index contributed by atoms with van der Waals surface area (Å²) >= 11 is 0. The number of benzene rings is 3. The second kappa shape index (κ2) is 12.4. The van der Waals surface area contributed by atoms with Crippen LogP contribution in [0.1, 0.15) is 49.7 Å². The first-order valence-electron chi connectivity index (χ1n) is 11.8. The summed E-state index contributed by atoms with van der Waals surface area (Å²) in [5, 5.41) is 41.2. The van der Waals surface area contributed by atoms with Gasteiger partial charge in [-0.15, -0.1) is 0 Å². The Hall–Kier alpha value is -2.27. The largest absolute Gasteiger partial charge is 0.480 e. The van der Waals surface area contributed by atoms with Crippen LogP contribution in [0.4, 0.5) is 0 Å². The van der Waals surface area contributed by atoms with Gasteiger partial charge in [0.1, 0.15) is 5.75 Å². The maximum atomic E-state index is 10.6. The van der Waals surface area contributed by atoms with Gasteiger partial charge in [0.2, 0.25) is 0 Å². The van der Waals surface area contributed by atoms with E-state index in [0.29, 0.717) is 18.6 Å².